The fourth-order valence-electron chi connectivity index (χ4n) is 0.850. The molecule has 0 aromatic rings. The van der Waals surface area contributed by atoms with Crippen LogP contribution in [-0.2, 0) is 4.79 Å². The van der Waals surface area contributed by atoms with Crippen LogP contribution in [0.1, 0.15) is 27.7 Å². The van der Waals surface area contributed by atoms with Crippen molar-refractivity contribution in [3.63, 3.8) is 0 Å². The van der Waals surface area contributed by atoms with Crippen molar-refractivity contribution < 1.29 is 4.79 Å². The molecule has 0 unspecified atom stereocenters. The largest absolute Gasteiger partial charge is 0.298 e. The highest BCUT2D eigenvalue weighted by Crippen LogP contribution is 1.97. The second-order valence-corrected chi connectivity index (χ2v) is 3.08. The smallest absolute Gasteiger partial charge is 0.149 e. The molecule has 0 atom stereocenters. The fourth-order valence-corrected chi connectivity index (χ4v) is 0.850. The molecule has 0 radical (unpaired) electrons. The summed E-state index contributed by atoms with van der Waals surface area (Å²) in [4.78, 5) is 13.4. The predicted octanol–water partition coefficient (Wildman–Crippen LogP) is 1.55. The van der Waals surface area contributed by atoms with Crippen LogP contribution < -0.4 is 0 Å². The maximum Gasteiger partial charge on any atom is 0.149 e. The van der Waals surface area contributed by atoms with Gasteiger partial charge in [-0.1, -0.05) is 27.7 Å². The normalized spacial score (nSPS) is 11.1. The lowest BCUT2D eigenvalue weighted by molar-refractivity contribution is -0.122. The van der Waals surface area contributed by atoms with E-state index in [0.29, 0.717) is 12.3 Å². The molecule has 2 heteroatoms. The molecule has 66 valence electrons. The minimum absolute atomic E-state index is 0.176. The monoisotopic (exact) mass is 157 g/mol. The van der Waals surface area contributed by atoms with E-state index in [1.54, 1.807) is 0 Å². The van der Waals surface area contributed by atoms with E-state index in [0.717, 1.165) is 13.1 Å². The first-order valence-corrected chi connectivity index (χ1v) is 4.36. The Morgan fingerprint density at radius 2 is 1.73 bits per heavy atom. The highest BCUT2D eigenvalue weighted by atomic mass is 16.1. The van der Waals surface area contributed by atoms with Crippen LogP contribution in [0.25, 0.3) is 0 Å². The molecule has 0 amide bonds. The van der Waals surface area contributed by atoms with Gasteiger partial charge in [-0.15, -0.1) is 0 Å². The number of hydrogen-bond acceptors (Lipinski definition) is 2. The average Bonchev–Trinajstić information content (AvgIpc) is 1.99. The molecule has 0 aliphatic heterocycles. The number of carbonyl (C=O) groups is 1. The second kappa shape index (κ2) is 5.30. The molecule has 0 aromatic carbocycles. The van der Waals surface area contributed by atoms with Crippen molar-refractivity contribution in [2.75, 3.05) is 19.6 Å². The Kier molecular flexibility index (Phi) is 5.12. The number of rotatable bonds is 5. The third-order valence-electron chi connectivity index (χ3n) is 1.92. The third kappa shape index (κ3) is 4.14. The quantitative estimate of drug-likeness (QED) is 0.603. The lowest BCUT2D eigenvalue weighted by Gasteiger charge is -2.17. The van der Waals surface area contributed by atoms with Gasteiger partial charge in [-0.3, -0.25) is 9.69 Å². The number of ketones is 1. The molecular formula is C9H19NO. The summed E-state index contributed by atoms with van der Waals surface area (Å²) in [5.41, 5.74) is 0. The maximum atomic E-state index is 11.2. The van der Waals surface area contributed by atoms with Crippen LogP contribution in [0.15, 0.2) is 0 Å². The lowest BCUT2D eigenvalue weighted by Crippen LogP contribution is -2.31. The highest BCUT2D eigenvalue weighted by Gasteiger charge is 2.10. The van der Waals surface area contributed by atoms with E-state index in [4.69, 9.17) is 0 Å². The maximum absolute atomic E-state index is 11.2. The van der Waals surface area contributed by atoms with E-state index in [1.165, 1.54) is 0 Å². The van der Waals surface area contributed by atoms with Gasteiger partial charge in [0.25, 0.3) is 0 Å². The van der Waals surface area contributed by atoms with Crippen LogP contribution in [0.4, 0.5) is 0 Å². The number of nitrogens with zero attached hydrogens (tertiary/aromatic N) is 1. The van der Waals surface area contributed by atoms with Crippen LogP contribution in [0.5, 0.6) is 0 Å². The van der Waals surface area contributed by atoms with Crippen LogP contribution in [0.3, 0.4) is 0 Å². The summed E-state index contributed by atoms with van der Waals surface area (Å²) in [5, 5.41) is 0. The highest BCUT2D eigenvalue weighted by molar-refractivity contribution is 5.82. The van der Waals surface area contributed by atoms with Gasteiger partial charge >= 0.3 is 0 Å². The minimum Gasteiger partial charge on any atom is -0.298 e. The molecule has 0 aliphatic carbocycles. The van der Waals surface area contributed by atoms with Gasteiger partial charge in [-0.25, -0.2) is 0 Å². The summed E-state index contributed by atoms with van der Waals surface area (Å²) in [6, 6.07) is 0. The van der Waals surface area contributed by atoms with E-state index < -0.39 is 0 Å². The molecule has 0 bridgehead atoms. The number of carbonyl (C=O) groups excluding carboxylic acids is 1. The first-order valence-electron chi connectivity index (χ1n) is 4.36. The van der Waals surface area contributed by atoms with Gasteiger partial charge in [0.15, 0.2) is 0 Å². The summed E-state index contributed by atoms with van der Waals surface area (Å²) < 4.78 is 0. The predicted molar refractivity (Wildman–Crippen MR) is 47.6 cm³/mol. The van der Waals surface area contributed by atoms with Crippen LogP contribution >= 0.6 is 0 Å². The van der Waals surface area contributed by atoms with Crippen molar-refractivity contribution in [1.82, 2.24) is 4.90 Å². The second-order valence-electron chi connectivity index (χ2n) is 3.08. The lowest BCUT2D eigenvalue weighted by atomic mass is 10.1. The number of Topliss-reactive ketones (excluding diaryl/α,β-unsaturated/α-hetero) is 1. The van der Waals surface area contributed by atoms with Crippen molar-refractivity contribution >= 4 is 5.78 Å². The average molecular weight is 157 g/mol. The molecule has 0 aliphatic rings. The van der Waals surface area contributed by atoms with Crippen molar-refractivity contribution in [3.05, 3.63) is 0 Å². The molecule has 0 spiro atoms. The van der Waals surface area contributed by atoms with Gasteiger partial charge in [-0.2, -0.15) is 0 Å². The van der Waals surface area contributed by atoms with Gasteiger partial charge in [0.2, 0.25) is 0 Å². The molecule has 0 fully saturated rings. The van der Waals surface area contributed by atoms with Crippen molar-refractivity contribution in [2.45, 2.75) is 27.7 Å². The van der Waals surface area contributed by atoms with Gasteiger partial charge < -0.3 is 0 Å². The van der Waals surface area contributed by atoms with Crippen LogP contribution in [-0.4, -0.2) is 30.3 Å². The van der Waals surface area contributed by atoms with Crippen molar-refractivity contribution in [2.24, 2.45) is 5.92 Å². The first-order chi connectivity index (χ1) is 5.11. The zero-order chi connectivity index (χ0) is 8.85. The van der Waals surface area contributed by atoms with Crippen molar-refractivity contribution in [1.29, 1.82) is 0 Å². The van der Waals surface area contributed by atoms with Crippen LogP contribution in [0, 0.1) is 5.92 Å². The minimum atomic E-state index is 0.176. The fraction of sp³-hybridized carbons (Fsp3) is 0.889. The molecule has 11 heavy (non-hydrogen) atoms. The topological polar surface area (TPSA) is 20.3 Å². The van der Waals surface area contributed by atoms with Crippen LogP contribution in [0.2, 0.25) is 0 Å². The van der Waals surface area contributed by atoms with Gasteiger partial charge in [0, 0.05) is 5.92 Å². The molecule has 0 aromatic heterocycles. The Morgan fingerprint density at radius 1 is 1.27 bits per heavy atom. The third-order valence-corrected chi connectivity index (χ3v) is 1.92. The molecule has 2 nitrogen and oxygen atoms in total. The molecule has 0 N–H and O–H groups in total. The van der Waals surface area contributed by atoms with Gasteiger partial charge in [-0.05, 0) is 13.1 Å². The van der Waals surface area contributed by atoms with E-state index in [1.807, 2.05) is 13.8 Å². The first kappa shape index (κ1) is 10.6. The van der Waals surface area contributed by atoms with Gasteiger partial charge in [0.05, 0.1) is 6.54 Å². The zero-order valence-corrected chi connectivity index (χ0v) is 8.05. The zero-order valence-electron chi connectivity index (χ0n) is 8.05. The summed E-state index contributed by atoms with van der Waals surface area (Å²) in [5.74, 6) is 0.518. The SMILES string of the molecule is CCN(CC)CC(=O)C(C)C. The van der Waals surface area contributed by atoms with Gasteiger partial charge in [0.1, 0.15) is 5.78 Å². The summed E-state index contributed by atoms with van der Waals surface area (Å²) in [7, 11) is 0. The van der Waals surface area contributed by atoms with E-state index in [2.05, 4.69) is 18.7 Å². The molecule has 0 heterocycles. The van der Waals surface area contributed by atoms with E-state index in [9.17, 15) is 4.79 Å². The molecule has 0 rings (SSSR count). The molecule has 0 saturated heterocycles. The van der Waals surface area contributed by atoms with E-state index >= 15 is 0 Å². The summed E-state index contributed by atoms with van der Waals surface area (Å²) in [6.07, 6.45) is 0. The molecule has 0 saturated carbocycles. The molecular weight excluding hydrogens is 138 g/mol. The Balaban J connectivity index is 3.72. The standard InChI is InChI=1S/C9H19NO/c1-5-10(6-2)7-9(11)8(3)4/h8H,5-7H2,1-4H3. The summed E-state index contributed by atoms with van der Waals surface area (Å²) in [6.45, 7) is 10.6. The Labute approximate surface area is 69.6 Å². The number of likely N-dealkylation sites (N-methyl/N-ethyl adjacent to an activating group) is 1. The van der Waals surface area contributed by atoms with Crippen molar-refractivity contribution in [3.8, 4) is 0 Å². The Bertz CT molecular complexity index is 117. The Morgan fingerprint density at radius 3 is 2.00 bits per heavy atom. The summed E-state index contributed by atoms with van der Waals surface area (Å²) >= 11 is 0. The van der Waals surface area contributed by atoms with E-state index in [-0.39, 0.29) is 5.92 Å². The number of hydrogen-bond donors (Lipinski definition) is 0. The Hall–Kier alpha value is -0.370.